The van der Waals surface area contributed by atoms with Gasteiger partial charge in [-0.25, -0.2) is 9.78 Å². The predicted molar refractivity (Wildman–Crippen MR) is 145 cm³/mol. The topological polar surface area (TPSA) is 86.1 Å². The maximum Gasteiger partial charge on any atom is 0.324 e. The average Bonchev–Trinajstić information content (AvgIpc) is 3.37. The Morgan fingerprint density at radius 3 is 2.53 bits per heavy atom. The SMILES string of the molecule is CCCCCOc1cc(N2CCCN(Cc3ccc(C(=O)c4nccn4C)cc3OC)C2=O)ccc1OC. The first kappa shape index (κ1) is 27.0. The minimum atomic E-state index is -0.185. The molecule has 9 heteroatoms. The monoisotopic (exact) mass is 520 g/mol. The molecule has 4 rings (SSSR count). The number of hydrogen-bond acceptors (Lipinski definition) is 6. The summed E-state index contributed by atoms with van der Waals surface area (Å²) < 4.78 is 18.8. The molecule has 0 radical (unpaired) electrons. The van der Waals surface area contributed by atoms with Crippen molar-refractivity contribution in [2.24, 2.45) is 7.05 Å². The highest BCUT2D eigenvalue weighted by Gasteiger charge is 2.28. The minimum Gasteiger partial charge on any atom is -0.496 e. The van der Waals surface area contributed by atoms with Crippen LogP contribution in [0.3, 0.4) is 0 Å². The van der Waals surface area contributed by atoms with E-state index in [0.717, 1.165) is 36.9 Å². The fourth-order valence-corrected chi connectivity index (χ4v) is 4.58. The Hall–Kier alpha value is -4.01. The van der Waals surface area contributed by atoms with E-state index in [2.05, 4.69) is 11.9 Å². The van der Waals surface area contributed by atoms with Gasteiger partial charge in [-0.3, -0.25) is 9.69 Å². The number of anilines is 1. The molecule has 1 aromatic heterocycles. The summed E-state index contributed by atoms with van der Waals surface area (Å²) in [6, 6.07) is 10.8. The lowest BCUT2D eigenvalue weighted by Gasteiger charge is -2.36. The molecule has 1 aliphatic heterocycles. The summed E-state index contributed by atoms with van der Waals surface area (Å²) in [5.74, 6) is 2.02. The van der Waals surface area contributed by atoms with Crippen molar-refractivity contribution >= 4 is 17.5 Å². The van der Waals surface area contributed by atoms with Crippen LogP contribution in [-0.4, -0.2) is 60.2 Å². The van der Waals surface area contributed by atoms with E-state index in [0.29, 0.717) is 54.9 Å². The second kappa shape index (κ2) is 12.5. The van der Waals surface area contributed by atoms with E-state index in [1.807, 2.05) is 24.3 Å². The number of rotatable bonds is 12. The minimum absolute atomic E-state index is 0.0893. The molecular formula is C29H36N4O5. The first-order valence-electron chi connectivity index (χ1n) is 13.0. The van der Waals surface area contributed by atoms with Gasteiger partial charge in [-0.05, 0) is 31.0 Å². The number of carbonyl (C=O) groups excluding carboxylic acids is 2. The average molecular weight is 521 g/mol. The smallest absolute Gasteiger partial charge is 0.324 e. The van der Waals surface area contributed by atoms with Crippen molar-refractivity contribution in [2.75, 3.05) is 38.8 Å². The van der Waals surface area contributed by atoms with Crippen molar-refractivity contribution in [3.05, 3.63) is 65.7 Å². The largest absolute Gasteiger partial charge is 0.496 e. The van der Waals surface area contributed by atoms with Gasteiger partial charge in [0.1, 0.15) is 5.75 Å². The second-order valence-corrected chi connectivity index (χ2v) is 9.32. The molecular weight excluding hydrogens is 484 g/mol. The molecule has 0 saturated carbocycles. The number of unbranched alkanes of at least 4 members (excludes halogenated alkanes) is 2. The number of methoxy groups -OCH3 is 2. The van der Waals surface area contributed by atoms with Crippen molar-refractivity contribution in [3.63, 3.8) is 0 Å². The highest BCUT2D eigenvalue weighted by molar-refractivity contribution is 6.07. The van der Waals surface area contributed by atoms with Crippen LogP contribution in [0.25, 0.3) is 0 Å². The number of urea groups is 1. The number of hydrogen-bond donors (Lipinski definition) is 0. The van der Waals surface area contributed by atoms with Crippen LogP contribution < -0.4 is 19.1 Å². The van der Waals surface area contributed by atoms with Gasteiger partial charge in [0.05, 0.1) is 27.4 Å². The summed E-state index contributed by atoms with van der Waals surface area (Å²) in [6.07, 6.45) is 7.33. The van der Waals surface area contributed by atoms with Crippen molar-refractivity contribution in [1.29, 1.82) is 0 Å². The maximum atomic E-state index is 13.5. The number of benzene rings is 2. The second-order valence-electron chi connectivity index (χ2n) is 9.32. The van der Waals surface area contributed by atoms with Crippen LogP contribution >= 0.6 is 0 Å². The Balaban J connectivity index is 1.50. The number of ketones is 1. The Morgan fingerprint density at radius 2 is 1.82 bits per heavy atom. The number of ether oxygens (including phenoxy) is 3. The number of imidazole rings is 1. The summed E-state index contributed by atoms with van der Waals surface area (Å²) in [5.41, 5.74) is 2.08. The lowest BCUT2D eigenvalue weighted by Crippen LogP contribution is -2.49. The summed E-state index contributed by atoms with van der Waals surface area (Å²) in [4.78, 5) is 34.1. The molecule has 0 aliphatic carbocycles. The van der Waals surface area contributed by atoms with Crippen LogP contribution in [0.15, 0.2) is 48.8 Å². The zero-order valence-corrected chi connectivity index (χ0v) is 22.6. The van der Waals surface area contributed by atoms with E-state index >= 15 is 0 Å². The molecule has 1 aliphatic rings. The number of nitrogens with zero attached hydrogens (tertiary/aromatic N) is 4. The van der Waals surface area contributed by atoms with Crippen LogP contribution in [0, 0.1) is 0 Å². The van der Waals surface area contributed by atoms with E-state index < -0.39 is 0 Å². The number of amides is 2. The molecule has 2 aromatic carbocycles. The molecule has 1 fully saturated rings. The normalized spacial score (nSPS) is 13.5. The molecule has 38 heavy (non-hydrogen) atoms. The van der Waals surface area contributed by atoms with Gasteiger partial charge < -0.3 is 23.7 Å². The molecule has 0 N–H and O–H groups in total. The third kappa shape index (κ3) is 5.93. The number of carbonyl (C=O) groups is 2. The molecule has 9 nitrogen and oxygen atoms in total. The quantitative estimate of drug-likeness (QED) is 0.245. The third-order valence-corrected chi connectivity index (χ3v) is 6.71. The highest BCUT2D eigenvalue weighted by Crippen LogP contribution is 2.34. The molecule has 1 saturated heterocycles. The summed E-state index contributed by atoms with van der Waals surface area (Å²) in [7, 11) is 4.96. The summed E-state index contributed by atoms with van der Waals surface area (Å²) in [6.45, 7) is 4.37. The molecule has 3 aromatic rings. The Kier molecular flexibility index (Phi) is 8.89. The number of aryl methyl sites for hydroxylation is 1. The van der Waals surface area contributed by atoms with Crippen LogP contribution in [0.2, 0.25) is 0 Å². The highest BCUT2D eigenvalue weighted by atomic mass is 16.5. The van der Waals surface area contributed by atoms with Gasteiger partial charge in [-0.1, -0.05) is 31.9 Å². The van der Waals surface area contributed by atoms with Gasteiger partial charge in [0.15, 0.2) is 17.3 Å². The van der Waals surface area contributed by atoms with E-state index in [-0.39, 0.29) is 11.8 Å². The summed E-state index contributed by atoms with van der Waals surface area (Å²) >= 11 is 0. The zero-order valence-electron chi connectivity index (χ0n) is 22.6. The van der Waals surface area contributed by atoms with E-state index in [1.54, 1.807) is 60.2 Å². The van der Waals surface area contributed by atoms with E-state index in [4.69, 9.17) is 14.2 Å². The first-order valence-corrected chi connectivity index (χ1v) is 13.0. The fourth-order valence-electron chi connectivity index (χ4n) is 4.58. The third-order valence-electron chi connectivity index (χ3n) is 6.71. The maximum absolute atomic E-state index is 13.5. The molecule has 0 unspecified atom stereocenters. The molecule has 2 amide bonds. The lowest BCUT2D eigenvalue weighted by atomic mass is 10.1. The Labute approximate surface area is 223 Å². The Bertz CT molecular complexity index is 1270. The van der Waals surface area contributed by atoms with Gasteiger partial charge in [0.25, 0.3) is 0 Å². The predicted octanol–water partition coefficient (Wildman–Crippen LogP) is 5.07. The van der Waals surface area contributed by atoms with Crippen molar-refractivity contribution in [1.82, 2.24) is 14.5 Å². The van der Waals surface area contributed by atoms with E-state index in [1.165, 1.54) is 0 Å². The van der Waals surface area contributed by atoms with Gasteiger partial charge in [-0.15, -0.1) is 0 Å². The number of aromatic nitrogens is 2. The van der Waals surface area contributed by atoms with Crippen LogP contribution in [-0.2, 0) is 13.6 Å². The molecule has 202 valence electrons. The summed E-state index contributed by atoms with van der Waals surface area (Å²) in [5, 5.41) is 0. The van der Waals surface area contributed by atoms with Crippen molar-refractivity contribution < 1.29 is 23.8 Å². The zero-order chi connectivity index (χ0) is 27.1. The van der Waals surface area contributed by atoms with Crippen LogP contribution in [0.4, 0.5) is 10.5 Å². The Morgan fingerprint density at radius 1 is 1.00 bits per heavy atom. The van der Waals surface area contributed by atoms with Crippen LogP contribution in [0.5, 0.6) is 17.2 Å². The molecule has 0 atom stereocenters. The van der Waals surface area contributed by atoms with Crippen molar-refractivity contribution in [3.8, 4) is 17.2 Å². The van der Waals surface area contributed by atoms with Gasteiger partial charge in [0.2, 0.25) is 5.78 Å². The fraction of sp³-hybridized carbons (Fsp3) is 0.414. The lowest BCUT2D eigenvalue weighted by molar-refractivity contribution is 0.102. The van der Waals surface area contributed by atoms with Gasteiger partial charge in [0, 0.05) is 55.4 Å². The molecule has 0 spiro atoms. The van der Waals surface area contributed by atoms with Crippen molar-refractivity contribution in [2.45, 2.75) is 39.2 Å². The molecule has 0 bridgehead atoms. The van der Waals surface area contributed by atoms with Gasteiger partial charge in [-0.2, -0.15) is 0 Å². The van der Waals surface area contributed by atoms with Crippen LogP contribution in [0.1, 0.15) is 54.4 Å². The van der Waals surface area contributed by atoms with E-state index in [9.17, 15) is 9.59 Å². The molecule has 2 heterocycles. The van der Waals surface area contributed by atoms with Gasteiger partial charge >= 0.3 is 6.03 Å². The first-order chi connectivity index (χ1) is 18.5. The standard InChI is InChI=1S/C29H36N4O5/c1-5-6-7-17-38-26-19-23(11-12-24(26)36-3)33-15-8-14-32(29(33)35)20-22-10-9-21(18-25(22)37-4)27(34)28-30-13-16-31(28)2/h9-13,16,18-19H,5-8,14-15,17,20H2,1-4H3.